The van der Waals surface area contributed by atoms with Crippen LogP contribution in [0.2, 0.25) is 0 Å². The molecular weight excluding hydrogens is 424 g/mol. The molecule has 0 spiro atoms. The van der Waals surface area contributed by atoms with E-state index in [1.165, 1.54) is 17.7 Å². The molecule has 10 heteroatoms. The number of thiophene rings is 1. The fourth-order valence-electron chi connectivity index (χ4n) is 2.83. The van der Waals surface area contributed by atoms with Crippen LogP contribution in [0.5, 0.6) is 0 Å². The Kier molecular flexibility index (Phi) is 6.69. The number of rotatable bonds is 8. The molecule has 8 nitrogen and oxygen atoms in total. The molecule has 160 valence electrons. The van der Waals surface area contributed by atoms with Gasteiger partial charge in [0.2, 0.25) is 15.9 Å². The van der Waals surface area contributed by atoms with Gasteiger partial charge in [-0.15, -0.1) is 11.3 Å². The van der Waals surface area contributed by atoms with Crippen LogP contribution in [0.4, 0.5) is 0 Å². The fourth-order valence-corrected chi connectivity index (χ4v) is 4.79. The van der Waals surface area contributed by atoms with Crippen LogP contribution in [0.1, 0.15) is 43.6 Å². The van der Waals surface area contributed by atoms with Crippen LogP contribution in [0.3, 0.4) is 0 Å². The number of sulfonamides is 1. The molecule has 3 rings (SSSR count). The van der Waals surface area contributed by atoms with Crippen LogP contribution in [0, 0.1) is 0 Å². The number of amides is 1. The zero-order chi connectivity index (χ0) is 21.9. The van der Waals surface area contributed by atoms with E-state index in [4.69, 9.17) is 0 Å². The van der Waals surface area contributed by atoms with Gasteiger partial charge in [0.25, 0.3) is 5.56 Å². The highest BCUT2D eigenvalue weighted by molar-refractivity contribution is 7.89. The maximum absolute atomic E-state index is 12.5. The Bertz CT molecular complexity index is 1210. The van der Waals surface area contributed by atoms with Crippen molar-refractivity contribution in [2.24, 2.45) is 0 Å². The largest absolute Gasteiger partial charge is 0.280 e. The number of hydrogen-bond acceptors (Lipinski definition) is 6. The highest BCUT2D eigenvalue weighted by Gasteiger charge is 2.15. The molecule has 1 amide bonds. The molecule has 0 aliphatic carbocycles. The fraction of sp³-hybridized carbons (Fsp3) is 0.350. The SMILES string of the molecule is CCc1cc2c(=O)n(NC(=O)CCNS(=O)(=O)c3ccc(C(C)C)cc3)cnc2s1. The van der Waals surface area contributed by atoms with Gasteiger partial charge in [0.05, 0.1) is 10.3 Å². The first-order valence-electron chi connectivity index (χ1n) is 9.61. The number of aryl methyl sites for hydroxylation is 1. The molecular formula is C20H24N4O4S2. The van der Waals surface area contributed by atoms with E-state index in [1.54, 1.807) is 30.3 Å². The molecule has 0 radical (unpaired) electrons. The molecule has 1 aromatic carbocycles. The maximum atomic E-state index is 12.5. The van der Waals surface area contributed by atoms with E-state index in [9.17, 15) is 18.0 Å². The Morgan fingerprint density at radius 3 is 2.57 bits per heavy atom. The van der Waals surface area contributed by atoms with Gasteiger partial charge in [-0.3, -0.25) is 15.0 Å². The van der Waals surface area contributed by atoms with Crippen molar-refractivity contribution in [3.05, 3.63) is 57.5 Å². The number of nitrogens with one attached hydrogen (secondary N) is 2. The van der Waals surface area contributed by atoms with E-state index < -0.39 is 15.9 Å². The molecule has 2 aromatic heterocycles. The van der Waals surface area contributed by atoms with Crippen LogP contribution >= 0.6 is 11.3 Å². The number of nitrogens with zero attached hydrogens (tertiary/aromatic N) is 2. The summed E-state index contributed by atoms with van der Waals surface area (Å²) >= 11 is 1.44. The van der Waals surface area contributed by atoms with Crippen LogP contribution < -0.4 is 15.7 Å². The van der Waals surface area contributed by atoms with Gasteiger partial charge in [-0.1, -0.05) is 32.9 Å². The predicted octanol–water partition coefficient (Wildman–Crippen LogP) is 2.58. The van der Waals surface area contributed by atoms with Crippen LogP contribution in [-0.2, 0) is 21.2 Å². The third-order valence-corrected chi connectivity index (χ3v) is 7.26. The van der Waals surface area contributed by atoms with Crippen molar-refractivity contribution in [1.29, 1.82) is 0 Å². The molecule has 2 N–H and O–H groups in total. The van der Waals surface area contributed by atoms with Crippen LogP contribution in [-0.4, -0.2) is 30.5 Å². The molecule has 0 aliphatic rings. The van der Waals surface area contributed by atoms with E-state index in [0.717, 1.165) is 21.5 Å². The smallest absolute Gasteiger partial charge is 0.273 e. The molecule has 0 fully saturated rings. The van der Waals surface area contributed by atoms with Gasteiger partial charge in [-0.2, -0.15) is 0 Å². The third kappa shape index (κ3) is 4.94. The maximum Gasteiger partial charge on any atom is 0.280 e. The zero-order valence-electron chi connectivity index (χ0n) is 17.0. The lowest BCUT2D eigenvalue weighted by Crippen LogP contribution is -2.35. The predicted molar refractivity (Wildman–Crippen MR) is 118 cm³/mol. The van der Waals surface area contributed by atoms with Gasteiger partial charge in [0, 0.05) is 17.8 Å². The summed E-state index contributed by atoms with van der Waals surface area (Å²) in [6.45, 7) is 5.95. The van der Waals surface area contributed by atoms with E-state index >= 15 is 0 Å². The topological polar surface area (TPSA) is 110 Å². The van der Waals surface area contributed by atoms with Crippen LogP contribution in [0.25, 0.3) is 10.2 Å². The van der Waals surface area contributed by atoms with E-state index in [0.29, 0.717) is 16.1 Å². The highest BCUT2D eigenvalue weighted by Crippen LogP contribution is 2.21. The Morgan fingerprint density at radius 2 is 1.93 bits per heavy atom. The van der Waals surface area contributed by atoms with Crippen molar-refractivity contribution >= 4 is 37.5 Å². The van der Waals surface area contributed by atoms with Crippen molar-refractivity contribution in [3.63, 3.8) is 0 Å². The van der Waals surface area contributed by atoms with Crippen molar-refractivity contribution < 1.29 is 13.2 Å². The molecule has 0 saturated carbocycles. The van der Waals surface area contributed by atoms with Crippen molar-refractivity contribution in [2.75, 3.05) is 12.0 Å². The van der Waals surface area contributed by atoms with Gasteiger partial charge in [0.1, 0.15) is 11.2 Å². The average Bonchev–Trinajstić information content (AvgIpc) is 3.14. The summed E-state index contributed by atoms with van der Waals surface area (Å²) < 4.78 is 28.2. The van der Waals surface area contributed by atoms with Gasteiger partial charge in [0.15, 0.2) is 0 Å². The second-order valence-corrected chi connectivity index (χ2v) is 9.99. The monoisotopic (exact) mass is 448 g/mol. The summed E-state index contributed by atoms with van der Waals surface area (Å²) in [5.74, 6) is -0.194. The minimum atomic E-state index is -3.72. The van der Waals surface area contributed by atoms with Gasteiger partial charge in [-0.25, -0.2) is 22.8 Å². The minimum Gasteiger partial charge on any atom is -0.273 e. The summed E-state index contributed by atoms with van der Waals surface area (Å²) in [6, 6.07) is 8.41. The summed E-state index contributed by atoms with van der Waals surface area (Å²) in [5.41, 5.74) is 3.13. The quantitative estimate of drug-likeness (QED) is 0.550. The first-order chi connectivity index (χ1) is 14.2. The van der Waals surface area contributed by atoms with Gasteiger partial charge >= 0.3 is 0 Å². The Morgan fingerprint density at radius 1 is 1.23 bits per heavy atom. The molecule has 30 heavy (non-hydrogen) atoms. The third-order valence-electron chi connectivity index (χ3n) is 4.60. The molecule has 0 saturated heterocycles. The summed E-state index contributed by atoms with van der Waals surface area (Å²) in [4.78, 5) is 30.7. The van der Waals surface area contributed by atoms with E-state index in [-0.39, 0.29) is 23.4 Å². The van der Waals surface area contributed by atoms with Crippen molar-refractivity contribution in [2.45, 2.75) is 44.4 Å². The Balaban J connectivity index is 1.60. The molecule has 0 unspecified atom stereocenters. The summed E-state index contributed by atoms with van der Waals surface area (Å²) in [6.07, 6.45) is 1.93. The molecule has 0 bridgehead atoms. The first-order valence-corrected chi connectivity index (χ1v) is 11.9. The zero-order valence-corrected chi connectivity index (χ0v) is 18.6. The second-order valence-electron chi connectivity index (χ2n) is 7.11. The summed E-state index contributed by atoms with van der Waals surface area (Å²) in [7, 11) is -3.72. The first kappa shape index (κ1) is 22.1. The summed E-state index contributed by atoms with van der Waals surface area (Å²) in [5, 5.41) is 0.449. The molecule has 3 aromatic rings. The van der Waals surface area contributed by atoms with Crippen molar-refractivity contribution in [3.8, 4) is 0 Å². The number of aromatic nitrogens is 2. The molecule has 0 atom stereocenters. The highest BCUT2D eigenvalue weighted by atomic mass is 32.2. The number of carbonyl (C=O) groups excluding carboxylic acids is 1. The van der Waals surface area contributed by atoms with Crippen molar-refractivity contribution in [1.82, 2.24) is 14.4 Å². The second kappa shape index (κ2) is 9.07. The number of carbonyl (C=O) groups is 1. The van der Waals surface area contributed by atoms with E-state index in [2.05, 4.69) is 15.1 Å². The van der Waals surface area contributed by atoms with Crippen LogP contribution in [0.15, 0.2) is 46.3 Å². The lowest BCUT2D eigenvalue weighted by Gasteiger charge is -2.10. The van der Waals surface area contributed by atoms with E-state index in [1.807, 2.05) is 20.8 Å². The van der Waals surface area contributed by atoms with Gasteiger partial charge in [-0.05, 0) is 36.1 Å². The van der Waals surface area contributed by atoms with Gasteiger partial charge < -0.3 is 0 Å². The normalized spacial score (nSPS) is 11.9. The lowest BCUT2D eigenvalue weighted by atomic mass is 10.0. The number of hydrogen-bond donors (Lipinski definition) is 2. The molecule has 2 heterocycles. The Hall–Kier alpha value is -2.56. The lowest BCUT2D eigenvalue weighted by molar-refractivity contribution is -0.117. The molecule has 0 aliphatic heterocycles. The average molecular weight is 449 g/mol. The Labute approximate surface area is 179 Å². The number of fused-ring (bicyclic) bond motifs is 1. The standard InChI is InChI=1S/C20H24N4O4S2/c1-4-15-11-17-19(29-15)21-12-24(20(17)26)23-18(25)9-10-22-30(27,28)16-7-5-14(6-8-16)13(2)3/h5-8,11-13,22H,4,9-10H2,1-3H3,(H,23,25). The number of benzene rings is 1. The minimum absolute atomic E-state index is 0.0943.